The third-order valence-electron chi connectivity index (χ3n) is 2.40. The van der Waals surface area contributed by atoms with E-state index in [0.717, 1.165) is 0 Å². The zero-order valence-electron chi connectivity index (χ0n) is 10.4. The molecule has 0 radical (unpaired) electrons. The van der Waals surface area contributed by atoms with Gasteiger partial charge in [0.05, 0.1) is 18.7 Å². The lowest BCUT2D eigenvalue weighted by Crippen LogP contribution is -2.14. The van der Waals surface area contributed by atoms with Gasteiger partial charge in [0.2, 0.25) is 0 Å². The van der Waals surface area contributed by atoms with Crippen molar-refractivity contribution in [3.05, 3.63) is 28.6 Å². The van der Waals surface area contributed by atoms with Crippen LogP contribution in [-0.2, 0) is 22.5 Å². The van der Waals surface area contributed by atoms with Gasteiger partial charge in [-0.3, -0.25) is 9.78 Å². The van der Waals surface area contributed by atoms with E-state index in [0.29, 0.717) is 5.69 Å². The number of ether oxygens (including phenoxy) is 1. The fraction of sp³-hybridized carbons (Fsp3) is 0.500. The van der Waals surface area contributed by atoms with Crippen LogP contribution in [0.2, 0.25) is 0 Å². The molecule has 0 saturated carbocycles. The number of carbonyl (C=O) groups is 1. The minimum absolute atomic E-state index is 0.0861. The Bertz CT molecular complexity index is 436. The van der Waals surface area contributed by atoms with E-state index in [2.05, 4.69) is 4.98 Å². The normalized spacial score (nSPS) is 10.8. The number of aromatic nitrogens is 1. The summed E-state index contributed by atoms with van der Waals surface area (Å²) in [6, 6.07) is 1.47. The SMILES string of the molecule is CCOC(=O)Cc1cc(C)nc(CN)c1C(F)F. The highest BCUT2D eigenvalue weighted by molar-refractivity contribution is 5.73. The highest BCUT2D eigenvalue weighted by Gasteiger charge is 2.21. The van der Waals surface area contributed by atoms with Crippen LogP contribution in [0.3, 0.4) is 0 Å². The number of halogens is 2. The summed E-state index contributed by atoms with van der Waals surface area (Å²) in [5.41, 5.74) is 6.07. The Labute approximate surface area is 104 Å². The van der Waals surface area contributed by atoms with E-state index in [1.54, 1.807) is 13.8 Å². The number of rotatable bonds is 5. The molecule has 0 spiro atoms. The van der Waals surface area contributed by atoms with Crippen molar-refractivity contribution in [3.8, 4) is 0 Å². The third kappa shape index (κ3) is 3.46. The van der Waals surface area contributed by atoms with Gasteiger partial charge in [0.1, 0.15) is 0 Å². The molecule has 0 unspecified atom stereocenters. The van der Waals surface area contributed by atoms with Crippen molar-refractivity contribution < 1.29 is 18.3 Å². The lowest BCUT2D eigenvalue weighted by Gasteiger charge is -2.13. The molecule has 1 aromatic heterocycles. The van der Waals surface area contributed by atoms with Crippen LogP contribution in [0.25, 0.3) is 0 Å². The van der Waals surface area contributed by atoms with Crippen LogP contribution in [0.5, 0.6) is 0 Å². The van der Waals surface area contributed by atoms with Gasteiger partial charge in [-0.2, -0.15) is 0 Å². The van der Waals surface area contributed by atoms with Crippen molar-refractivity contribution in [2.45, 2.75) is 33.2 Å². The molecule has 18 heavy (non-hydrogen) atoms. The van der Waals surface area contributed by atoms with Crippen LogP contribution >= 0.6 is 0 Å². The molecule has 0 aliphatic carbocycles. The molecule has 0 aliphatic rings. The number of nitrogens with zero attached hydrogens (tertiary/aromatic N) is 1. The van der Waals surface area contributed by atoms with Crippen LogP contribution in [0.4, 0.5) is 8.78 Å². The fourth-order valence-corrected chi connectivity index (χ4v) is 1.76. The maximum absolute atomic E-state index is 13.0. The van der Waals surface area contributed by atoms with E-state index in [4.69, 9.17) is 10.5 Å². The molecule has 0 aliphatic heterocycles. The van der Waals surface area contributed by atoms with Crippen LogP contribution in [0.15, 0.2) is 6.07 Å². The van der Waals surface area contributed by atoms with E-state index in [9.17, 15) is 13.6 Å². The van der Waals surface area contributed by atoms with Gasteiger partial charge in [0.15, 0.2) is 0 Å². The first-order valence-electron chi connectivity index (χ1n) is 5.62. The molecule has 0 atom stereocenters. The van der Waals surface area contributed by atoms with Gasteiger partial charge in [-0.1, -0.05) is 0 Å². The van der Waals surface area contributed by atoms with Crippen molar-refractivity contribution in [1.29, 1.82) is 0 Å². The second kappa shape index (κ2) is 6.39. The average molecular weight is 258 g/mol. The lowest BCUT2D eigenvalue weighted by atomic mass is 10.0. The number of carbonyl (C=O) groups excluding carboxylic acids is 1. The van der Waals surface area contributed by atoms with Crippen LogP contribution in [0, 0.1) is 6.92 Å². The molecule has 0 fully saturated rings. The van der Waals surface area contributed by atoms with Crippen molar-refractivity contribution in [2.24, 2.45) is 5.73 Å². The predicted molar refractivity (Wildman–Crippen MR) is 62.2 cm³/mol. The van der Waals surface area contributed by atoms with Gasteiger partial charge in [0, 0.05) is 17.8 Å². The van der Waals surface area contributed by atoms with Gasteiger partial charge in [-0.25, -0.2) is 8.78 Å². The van der Waals surface area contributed by atoms with Gasteiger partial charge in [0.25, 0.3) is 6.43 Å². The Hall–Kier alpha value is -1.56. The first-order valence-corrected chi connectivity index (χ1v) is 5.62. The Balaban J connectivity index is 3.15. The van der Waals surface area contributed by atoms with Crippen molar-refractivity contribution >= 4 is 5.97 Å². The zero-order valence-corrected chi connectivity index (χ0v) is 10.4. The van der Waals surface area contributed by atoms with Crippen molar-refractivity contribution in [3.63, 3.8) is 0 Å². The Kier molecular flexibility index (Phi) is 5.15. The molecule has 1 heterocycles. The van der Waals surface area contributed by atoms with Crippen LogP contribution in [0.1, 0.15) is 35.9 Å². The molecule has 0 amide bonds. The molecule has 4 nitrogen and oxygen atoms in total. The maximum Gasteiger partial charge on any atom is 0.310 e. The Morgan fingerprint density at radius 1 is 1.56 bits per heavy atom. The largest absolute Gasteiger partial charge is 0.466 e. The highest BCUT2D eigenvalue weighted by atomic mass is 19.3. The Morgan fingerprint density at radius 2 is 2.22 bits per heavy atom. The highest BCUT2D eigenvalue weighted by Crippen LogP contribution is 2.27. The topological polar surface area (TPSA) is 65.2 Å². The summed E-state index contributed by atoms with van der Waals surface area (Å²) in [6.07, 6.45) is -2.90. The number of pyridine rings is 1. The average Bonchev–Trinajstić information content (AvgIpc) is 2.27. The van der Waals surface area contributed by atoms with Crippen LogP contribution in [-0.4, -0.2) is 17.6 Å². The third-order valence-corrected chi connectivity index (χ3v) is 2.40. The second-order valence-corrected chi connectivity index (χ2v) is 3.77. The van der Waals surface area contributed by atoms with Gasteiger partial charge in [-0.05, 0) is 25.5 Å². The molecular weight excluding hydrogens is 242 g/mol. The standard InChI is InChI=1S/C12H16F2N2O2/c1-3-18-10(17)5-8-4-7(2)16-9(6-15)11(8)12(13)14/h4,12H,3,5-6,15H2,1-2H3. The minimum atomic E-state index is -2.71. The van der Waals surface area contributed by atoms with Crippen LogP contribution < -0.4 is 5.73 Å². The summed E-state index contributed by atoms with van der Waals surface area (Å²) < 4.78 is 30.7. The molecule has 0 bridgehead atoms. The number of alkyl halides is 2. The second-order valence-electron chi connectivity index (χ2n) is 3.77. The summed E-state index contributed by atoms with van der Waals surface area (Å²) in [5, 5.41) is 0. The lowest BCUT2D eigenvalue weighted by molar-refractivity contribution is -0.142. The first-order chi connectivity index (χ1) is 8.49. The predicted octanol–water partition coefficient (Wildman–Crippen LogP) is 1.89. The molecule has 0 aromatic carbocycles. The number of esters is 1. The monoisotopic (exact) mass is 258 g/mol. The summed E-state index contributed by atoms with van der Waals surface area (Å²) in [6.45, 7) is 3.46. The maximum atomic E-state index is 13.0. The van der Waals surface area contributed by atoms with E-state index in [-0.39, 0.29) is 36.4 Å². The van der Waals surface area contributed by atoms with E-state index in [1.807, 2.05) is 0 Å². The smallest absolute Gasteiger partial charge is 0.310 e. The molecule has 0 saturated heterocycles. The quantitative estimate of drug-likeness (QED) is 0.819. The summed E-state index contributed by atoms with van der Waals surface area (Å²) in [4.78, 5) is 15.3. The summed E-state index contributed by atoms with van der Waals surface area (Å²) >= 11 is 0. The molecule has 2 N–H and O–H groups in total. The number of aryl methyl sites for hydroxylation is 1. The summed E-state index contributed by atoms with van der Waals surface area (Å²) in [5.74, 6) is -0.534. The first kappa shape index (κ1) is 14.5. The number of hydrogen-bond acceptors (Lipinski definition) is 4. The molecule has 1 rings (SSSR count). The van der Waals surface area contributed by atoms with E-state index >= 15 is 0 Å². The van der Waals surface area contributed by atoms with E-state index < -0.39 is 12.4 Å². The van der Waals surface area contributed by atoms with Gasteiger partial charge in [-0.15, -0.1) is 0 Å². The zero-order chi connectivity index (χ0) is 13.7. The molecule has 100 valence electrons. The van der Waals surface area contributed by atoms with Crippen molar-refractivity contribution in [2.75, 3.05) is 6.61 Å². The molecular formula is C12H16F2N2O2. The van der Waals surface area contributed by atoms with Gasteiger partial charge < -0.3 is 10.5 Å². The molecule has 1 aromatic rings. The number of hydrogen-bond donors (Lipinski definition) is 1. The van der Waals surface area contributed by atoms with Crippen molar-refractivity contribution in [1.82, 2.24) is 4.98 Å². The summed E-state index contributed by atoms with van der Waals surface area (Å²) in [7, 11) is 0. The fourth-order valence-electron chi connectivity index (χ4n) is 1.76. The minimum Gasteiger partial charge on any atom is -0.466 e. The Morgan fingerprint density at radius 3 is 2.72 bits per heavy atom. The van der Waals surface area contributed by atoms with E-state index in [1.165, 1.54) is 6.07 Å². The van der Waals surface area contributed by atoms with Gasteiger partial charge >= 0.3 is 5.97 Å². The molecule has 6 heteroatoms. The number of nitrogens with two attached hydrogens (primary N) is 1.